The first-order chi connectivity index (χ1) is 8.52. The van der Waals surface area contributed by atoms with Crippen LogP contribution in [0.25, 0.3) is 0 Å². The van der Waals surface area contributed by atoms with Crippen molar-refractivity contribution < 1.29 is 4.79 Å². The molecule has 0 saturated heterocycles. The van der Waals surface area contributed by atoms with Crippen molar-refractivity contribution in [3.8, 4) is 0 Å². The van der Waals surface area contributed by atoms with Crippen molar-refractivity contribution in [2.75, 3.05) is 37.4 Å². The summed E-state index contributed by atoms with van der Waals surface area (Å²) < 4.78 is 0. The molecule has 6 nitrogen and oxygen atoms in total. The SMILES string of the molecule is CCC(=O)NCCNc1cc(N(C)C)nc(C)n1. The molecular weight excluding hydrogens is 230 g/mol. The molecule has 2 N–H and O–H groups in total. The summed E-state index contributed by atoms with van der Waals surface area (Å²) >= 11 is 0. The van der Waals surface area contributed by atoms with Crippen molar-refractivity contribution in [1.82, 2.24) is 15.3 Å². The van der Waals surface area contributed by atoms with Crippen molar-refractivity contribution in [3.05, 3.63) is 11.9 Å². The summed E-state index contributed by atoms with van der Waals surface area (Å²) in [6.45, 7) is 4.93. The fraction of sp³-hybridized carbons (Fsp3) is 0.583. The number of carbonyl (C=O) groups excluding carboxylic acids is 1. The molecule has 0 fully saturated rings. The van der Waals surface area contributed by atoms with Gasteiger partial charge in [0.2, 0.25) is 5.91 Å². The van der Waals surface area contributed by atoms with Crippen LogP contribution in [-0.4, -0.2) is 43.1 Å². The summed E-state index contributed by atoms with van der Waals surface area (Å²) in [6.07, 6.45) is 0.511. The molecule has 0 bridgehead atoms. The van der Waals surface area contributed by atoms with Crippen molar-refractivity contribution >= 4 is 17.5 Å². The van der Waals surface area contributed by atoms with Crippen molar-refractivity contribution in [1.29, 1.82) is 0 Å². The monoisotopic (exact) mass is 251 g/mol. The standard InChI is InChI=1S/C12H21N5O/c1-5-12(18)14-7-6-13-10-8-11(17(3)4)16-9(2)15-10/h8H,5-7H2,1-4H3,(H,14,18)(H,13,15,16). The molecule has 0 aromatic carbocycles. The summed E-state index contributed by atoms with van der Waals surface area (Å²) in [4.78, 5) is 21.6. The van der Waals surface area contributed by atoms with E-state index in [0.29, 0.717) is 19.5 Å². The Balaban J connectivity index is 2.49. The number of hydrogen-bond acceptors (Lipinski definition) is 5. The Labute approximate surface area is 108 Å². The predicted octanol–water partition coefficient (Wildman–Crippen LogP) is 0.789. The fourth-order valence-electron chi connectivity index (χ4n) is 1.39. The van der Waals surface area contributed by atoms with Crippen LogP contribution in [0.3, 0.4) is 0 Å². The Kier molecular flexibility index (Phi) is 5.35. The van der Waals surface area contributed by atoms with E-state index in [1.807, 2.05) is 38.9 Å². The van der Waals surface area contributed by atoms with E-state index in [1.54, 1.807) is 0 Å². The van der Waals surface area contributed by atoms with E-state index in [4.69, 9.17) is 0 Å². The number of aromatic nitrogens is 2. The highest BCUT2D eigenvalue weighted by molar-refractivity contribution is 5.75. The van der Waals surface area contributed by atoms with Crippen LogP contribution in [0.2, 0.25) is 0 Å². The first-order valence-corrected chi connectivity index (χ1v) is 6.06. The Hall–Kier alpha value is -1.85. The first kappa shape index (κ1) is 14.2. The minimum absolute atomic E-state index is 0.0599. The number of nitrogens with zero attached hydrogens (tertiary/aromatic N) is 3. The maximum atomic E-state index is 11.0. The van der Waals surface area contributed by atoms with Crippen LogP contribution in [0.4, 0.5) is 11.6 Å². The molecule has 0 unspecified atom stereocenters. The van der Waals surface area contributed by atoms with Gasteiger partial charge in [0, 0.05) is 39.7 Å². The number of amides is 1. The third kappa shape index (κ3) is 4.57. The van der Waals surface area contributed by atoms with Gasteiger partial charge in [0.05, 0.1) is 0 Å². The Bertz CT molecular complexity index is 405. The van der Waals surface area contributed by atoms with Gasteiger partial charge in [0.1, 0.15) is 17.5 Å². The maximum Gasteiger partial charge on any atom is 0.219 e. The lowest BCUT2D eigenvalue weighted by Gasteiger charge is -2.14. The average Bonchev–Trinajstić information content (AvgIpc) is 2.33. The first-order valence-electron chi connectivity index (χ1n) is 6.06. The smallest absolute Gasteiger partial charge is 0.219 e. The Morgan fingerprint density at radius 1 is 1.33 bits per heavy atom. The highest BCUT2D eigenvalue weighted by Gasteiger charge is 2.03. The molecule has 1 rings (SSSR count). The normalized spacial score (nSPS) is 10.0. The van der Waals surface area contributed by atoms with Crippen LogP contribution in [-0.2, 0) is 4.79 Å². The molecule has 0 saturated carbocycles. The van der Waals surface area contributed by atoms with Gasteiger partial charge >= 0.3 is 0 Å². The zero-order chi connectivity index (χ0) is 13.5. The number of rotatable bonds is 6. The van der Waals surface area contributed by atoms with E-state index in [1.165, 1.54) is 0 Å². The van der Waals surface area contributed by atoms with E-state index in [-0.39, 0.29) is 5.91 Å². The number of aryl methyl sites for hydroxylation is 1. The molecule has 1 aromatic heterocycles. The lowest BCUT2D eigenvalue weighted by molar-refractivity contribution is -0.120. The molecule has 0 aliphatic rings. The molecule has 0 spiro atoms. The molecule has 100 valence electrons. The molecular formula is C12H21N5O. The largest absolute Gasteiger partial charge is 0.368 e. The Morgan fingerprint density at radius 3 is 2.67 bits per heavy atom. The van der Waals surface area contributed by atoms with Gasteiger partial charge in [-0.1, -0.05) is 6.92 Å². The molecule has 18 heavy (non-hydrogen) atoms. The quantitative estimate of drug-likeness (QED) is 0.731. The Morgan fingerprint density at radius 2 is 2.06 bits per heavy atom. The summed E-state index contributed by atoms with van der Waals surface area (Å²) in [6, 6.07) is 1.88. The van der Waals surface area contributed by atoms with Crippen molar-refractivity contribution in [3.63, 3.8) is 0 Å². The third-order valence-electron chi connectivity index (χ3n) is 2.36. The second kappa shape index (κ2) is 6.78. The van der Waals surface area contributed by atoms with E-state index in [0.717, 1.165) is 17.5 Å². The second-order valence-electron chi connectivity index (χ2n) is 4.18. The zero-order valence-corrected chi connectivity index (χ0v) is 11.4. The number of anilines is 2. The molecule has 6 heteroatoms. The molecule has 1 aromatic rings. The molecule has 0 aliphatic heterocycles. The van der Waals surface area contributed by atoms with E-state index < -0.39 is 0 Å². The van der Waals surface area contributed by atoms with Crippen molar-refractivity contribution in [2.24, 2.45) is 0 Å². The van der Waals surface area contributed by atoms with E-state index >= 15 is 0 Å². The van der Waals surface area contributed by atoms with Crippen LogP contribution in [0.5, 0.6) is 0 Å². The topological polar surface area (TPSA) is 70.2 Å². The van der Waals surface area contributed by atoms with E-state index in [2.05, 4.69) is 20.6 Å². The average molecular weight is 251 g/mol. The van der Waals surface area contributed by atoms with Crippen LogP contribution in [0.15, 0.2) is 6.07 Å². The van der Waals surface area contributed by atoms with Crippen LogP contribution < -0.4 is 15.5 Å². The molecule has 0 atom stereocenters. The number of hydrogen-bond donors (Lipinski definition) is 2. The number of nitrogens with one attached hydrogen (secondary N) is 2. The third-order valence-corrected chi connectivity index (χ3v) is 2.36. The fourth-order valence-corrected chi connectivity index (χ4v) is 1.39. The van der Waals surface area contributed by atoms with E-state index in [9.17, 15) is 4.79 Å². The van der Waals surface area contributed by atoms with Gasteiger partial charge in [-0.3, -0.25) is 4.79 Å². The minimum atomic E-state index is 0.0599. The molecule has 0 aliphatic carbocycles. The van der Waals surface area contributed by atoms with Gasteiger partial charge in [0.15, 0.2) is 0 Å². The molecule has 1 amide bonds. The maximum absolute atomic E-state index is 11.0. The lowest BCUT2D eigenvalue weighted by atomic mass is 10.4. The van der Waals surface area contributed by atoms with Gasteiger partial charge in [-0.25, -0.2) is 9.97 Å². The van der Waals surface area contributed by atoms with Gasteiger partial charge in [-0.15, -0.1) is 0 Å². The highest BCUT2D eigenvalue weighted by atomic mass is 16.1. The van der Waals surface area contributed by atoms with Gasteiger partial charge in [0.25, 0.3) is 0 Å². The van der Waals surface area contributed by atoms with Gasteiger partial charge in [-0.05, 0) is 6.92 Å². The summed E-state index contributed by atoms with van der Waals surface area (Å²) in [5.74, 6) is 2.42. The molecule has 0 radical (unpaired) electrons. The second-order valence-corrected chi connectivity index (χ2v) is 4.18. The van der Waals surface area contributed by atoms with Crippen molar-refractivity contribution in [2.45, 2.75) is 20.3 Å². The highest BCUT2D eigenvalue weighted by Crippen LogP contribution is 2.12. The number of carbonyl (C=O) groups is 1. The van der Waals surface area contributed by atoms with Crippen LogP contribution >= 0.6 is 0 Å². The summed E-state index contributed by atoms with van der Waals surface area (Å²) in [5, 5.41) is 5.97. The zero-order valence-electron chi connectivity index (χ0n) is 11.4. The minimum Gasteiger partial charge on any atom is -0.368 e. The summed E-state index contributed by atoms with van der Waals surface area (Å²) in [5.41, 5.74) is 0. The predicted molar refractivity (Wildman–Crippen MR) is 72.9 cm³/mol. The van der Waals surface area contributed by atoms with Gasteiger partial charge < -0.3 is 15.5 Å². The summed E-state index contributed by atoms with van der Waals surface area (Å²) in [7, 11) is 3.88. The van der Waals surface area contributed by atoms with Crippen LogP contribution in [0.1, 0.15) is 19.2 Å². The van der Waals surface area contributed by atoms with Gasteiger partial charge in [-0.2, -0.15) is 0 Å². The van der Waals surface area contributed by atoms with Crippen LogP contribution in [0, 0.1) is 6.92 Å². The molecule has 1 heterocycles. The lowest BCUT2D eigenvalue weighted by Crippen LogP contribution is -2.28.